The van der Waals surface area contributed by atoms with Crippen molar-refractivity contribution in [1.82, 2.24) is 0 Å². The first-order chi connectivity index (χ1) is 13.2. The van der Waals surface area contributed by atoms with Crippen LogP contribution in [0, 0.1) is 0 Å². The Bertz CT molecular complexity index is 1050. The molecule has 0 aromatic heterocycles. The van der Waals surface area contributed by atoms with Crippen molar-refractivity contribution in [3.05, 3.63) is 125 Å². The molecule has 0 unspecified atom stereocenters. The van der Waals surface area contributed by atoms with Crippen LogP contribution >= 0.6 is 0 Å². The van der Waals surface area contributed by atoms with Gasteiger partial charge in [0.25, 0.3) is 0 Å². The average Bonchev–Trinajstić information content (AvgIpc) is 2.72. The molecule has 0 spiro atoms. The summed E-state index contributed by atoms with van der Waals surface area (Å²) in [5, 5.41) is 0. The van der Waals surface area contributed by atoms with E-state index in [1.165, 1.54) is 0 Å². The quantitative estimate of drug-likeness (QED) is 0.515. The van der Waals surface area contributed by atoms with Crippen molar-refractivity contribution in [3.8, 4) is 0 Å². The number of benzene rings is 3. The molecule has 134 valence electrons. The summed E-state index contributed by atoms with van der Waals surface area (Å²) in [6, 6.07) is 27.9. The van der Waals surface area contributed by atoms with Gasteiger partial charge in [-0.25, -0.2) is 8.42 Å². The van der Waals surface area contributed by atoms with Crippen molar-refractivity contribution in [2.24, 2.45) is 0 Å². The summed E-state index contributed by atoms with van der Waals surface area (Å²) in [5.74, 6) is 0. The van der Waals surface area contributed by atoms with Crippen LogP contribution in [0.25, 0.3) is 12.2 Å². The van der Waals surface area contributed by atoms with Crippen molar-refractivity contribution in [2.75, 3.05) is 0 Å². The molecule has 0 fully saturated rings. The third-order valence-electron chi connectivity index (χ3n) is 3.95. The van der Waals surface area contributed by atoms with Gasteiger partial charge in [0.05, 0.1) is 9.80 Å². The van der Waals surface area contributed by atoms with Crippen LogP contribution < -0.4 is 0 Å². The Kier molecular flexibility index (Phi) is 6.18. The molecule has 0 N–H and O–H groups in total. The summed E-state index contributed by atoms with van der Waals surface area (Å²) in [6.45, 7) is 0. The van der Waals surface area contributed by atoms with E-state index in [1.807, 2.05) is 72.8 Å². The summed E-state index contributed by atoms with van der Waals surface area (Å²) < 4.78 is 26.1. The maximum atomic E-state index is 13.0. The summed E-state index contributed by atoms with van der Waals surface area (Å²) in [4.78, 5) is 0.520. The number of hydrogen-bond donors (Lipinski definition) is 0. The minimum absolute atomic E-state index is 0.240. The Labute approximate surface area is 160 Å². The summed E-state index contributed by atoms with van der Waals surface area (Å²) in [7, 11) is -3.60. The zero-order valence-electron chi connectivity index (χ0n) is 14.8. The molecule has 0 aliphatic carbocycles. The highest BCUT2D eigenvalue weighted by Gasteiger charge is 2.17. The zero-order chi connectivity index (χ0) is 19.0. The molecular formula is C24H20O2S. The molecule has 0 saturated heterocycles. The van der Waals surface area contributed by atoms with Crippen molar-refractivity contribution in [3.63, 3.8) is 0 Å². The van der Waals surface area contributed by atoms with Crippen LogP contribution in [0.15, 0.2) is 119 Å². The molecule has 0 atom stereocenters. The fourth-order valence-electron chi connectivity index (χ4n) is 2.53. The number of hydrogen-bond acceptors (Lipinski definition) is 2. The Morgan fingerprint density at radius 2 is 1.11 bits per heavy atom. The van der Waals surface area contributed by atoms with E-state index in [1.54, 1.807) is 48.6 Å². The largest absolute Gasteiger partial charge is 0.219 e. The molecule has 27 heavy (non-hydrogen) atoms. The van der Waals surface area contributed by atoms with E-state index < -0.39 is 9.84 Å². The Morgan fingerprint density at radius 1 is 0.630 bits per heavy atom. The van der Waals surface area contributed by atoms with Gasteiger partial charge in [-0.15, -0.1) is 0 Å². The average molecular weight is 372 g/mol. The SMILES string of the molecule is O=S(=O)(C(/C=C/c1ccccc1)=C/C=C/c1ccccc1)c1ccccc1. The summed E-state index contributed by atoms with van der Waals surface area (Å²) in [6.07, 6.45) is 8.74. The molecule has 0 aliphatic rings. The first-order valence-corrected chi connectivity index (χ1v) is 10.1. The van der Waals surface area contributed by atoms with Gasteiger partial charge in [0.2, 0.25) is 9.84 Å². The van der Waals surface area contributed by atoms with Gasteiger partial charge in [-0.05, 0) is 35.4 Å². The molecule has 0 amide bonds. The highest BCUT2D eigenvalue weighted by atomic mass is 32.2. The maximum Gasteiger partial charge on any atom is 0.206 e. The molecular weight excluding hydrogens is 352 g/mol. The lowest BCUT2D eigenvalue weighted by atomic mass is 10.2. The molecule has 3 aromatic carbocycles. The van der Waals surface area contributed by atoms with Crippen molar-refractivity contribution >= 4 is 22.0 Å². The molecule has 3 heteroatoms. The minimum atomic E-state index is -3.60. The van der Waals surface area contributed by atoms with Crippen LogP contribution in [0.5, 0.6) is 0 Å². The number of sulfone groups is 1. The molecule has 3 aromatic rings. The van der Waals surface area contributed by atoms with Gasteiger partial charge in [-0.2, -0.15) is 0 Å². The number of rotatable bonds is 6. The second-order valence-electron chi connectivity index (χ2n) is 5.90. The van der Waals surface area contributed by atoms with Crippen molar-refractivity contribution < 1.29 is 8.42 Å². The summed E-state index contributed by atoms with van der Waals surface area (Å²) >= 11 is 0. The van der Waals surface area contributed by atoms with E-state index in [9.17, 15) is 8.42 Å². The summed E-state index contributed by atoms with van der Waals surface area (Å²) in [5.41, 5.74) is 1.95. The van der Waals surface area contributed by atoms with Crippen LogP contribution in [-0.4, -0.2) is 8.42 Å². The Morgan fingerprint density at radius 3 is 1.67 bits per heavy atom. The normalized spacial score (nSPS) is 12.7. The van der Waals surface area contributed by atoms with Crippen LogP contribution in [0.4, 0.5) is 0 Å². The van der Waals surface area contributed by atoms with Gasteiger partial charge in [0, 0.05) is 0 Å². The van der Waals surface area contributed by atoms with Gasteiger partial charge in [0.1, 0.15) is 0 Å². The van der Waals surface area contributed by atoms with Gasteiger partial charge < -0.3 is 0 Å². The molecule has 0 bridgehead atoms. The van der Waals surface area contributed by atoms with Crippen LogP contribution in [-0.2, 0) is 9.84 Å². The third kappa shape index (κ3) is 5.16. The Balaban J connectivity index is 1.97. The molecule has 0 aliphatic heterocycles. The van der Waals surface area contributed by atoms with Gasteiger partial charge in [-0.1, -0.05) is 97.1 Å². The van der Waals surface area contributed by atoms with Crippen LogP contribution in [0.1, 0.15) is 11.1 Å². The van der Waals surface area contributed by atoms with E-state index in [-0.39, 0.29) is 9.80 Å². The van der Waals surface area contributed by atoms with Crippen molar-refractivity contribution in [1.29, 1.82) is 0 Å². The molecule has 0 heterocycles. The topological polar surface area (TPSA) is 34.1 Å². The first kappa shape index (κ1) is 18.6. The van der Waals surface area contributed by atoms with E-state index in [2.05, 4.69) is 0 Å². The highest BCUT2D eigenvalue weighted by molar-refractivity contribution is 7.95. The number of allylic oxidation sites excluding steroid dienone is 3. The van der Waals surface area contributed by atoms with E-state index >= 15 is 0 Å². The predicted molar refractivity (Wildman–Crippen MR) is 113 cm³/mol. The Hall–Kier alpha value is -3.17. The lowest BCUT2D eigenvalue weighted by molar-refractivity contribution is 0.603. The lowest BCUT2D eigenvalue weighted by Crippen LogP contribution is -2.02. The molecule has 2 nitrogen and oxygen atoms in total. The standard InChI is InChI=1S/C24H20O2S/c25-27(26,23-16-8-3-9-17-23)24(20-19-22-13-6-2-7-14-22)18-10-15-21-11-4-1-5-12-21/h1-20H/b15-10+,20-19+,24-18+. The predicted octanol–water partition coefficient (Wildman–Crippen LogP) is 5.77. The minimum Gasteiger partial charge on any atom is -0.219 e. The van der Waals surface area contributed by atoms with Gasteiger partial charge in [0.15, 0.2) is 0 Å². The monoisotopic (exact) mass is 372 g/mol. The van der Waals surface area contributed by atoms with E-state index in [0.29, 0.717) is 0 Å². The van der Waals surface area contributed by atoms with Crippen molar-refractivity contribution in [2.45, 2.75) is 4.90 Å². The zero-order valence-corrected chi connectivity index (χ0v) is 15.6. The van der Waals surface area contributed by atoms with Crippen LogP contribution in [0.3, 0.4) is 0 Å². The lowest BCUT2D eigenvalue weighted by Gasteiger charge is -2.05. The van der Waals surface area contributed by atoms with Gasteiger partial charge >= 0.3 is 0 Å². The van der Waals surface area contributed by atoms with Crippen LogP contribution in [0.2, 0.25) is 0 Å². The smallest absolute Gasteiger partial charge is 0.206 e. The first-order valence-electron chi connectivity index (χ1n) is 8.63. The third-order valence-corrected chi connectivity index (χ3v) is 5.74. The molecule has 3 rings (SSSR count). The van der Waals surface area contributed by atoms with E-state index in [0.717, 1.165) is 11.1 Å². The maximum absolute atomic E-state index is 13.0. The van der Waals surface area contributed by atoms with Gasteiger partial charge in [-0.3, -0.25) is 0 Å². The highest BCUT2D eigenvalue weighted by Crippen LogP contribution is 2.21. The van der Waals surface area contributed by atoms with E-state index in [4.69, 9.17) is 0 Å². The fourth-order valence-corrected chi connectivity index (χ4v) is 3.82. The second-order valence-corrected chi connectivity index (χ2v) is 7.85. The fraction of sp³-hybridized carbons (Fsp3) is 0. The molecule has 0 saturated carbocycles. The second kappa shape index (κ2) is 8.97. The molecule has 0 radical (unpaired) electrons.